The number of oxazole rings is 1. The summed E-state index contributed by atoms with van der Waals surface area (Å²) < 4.78 is 39.3. The fourth-order valence-corrected chi connectivity index (χ4v) is 8.04. The van der Waals surface area contributed by atoms with Crippen molar-refractivity contribution in [1.29, 1.82) is 0 Å². The SMILES string of the molecule is CC1(S(=O)(=O)NC(=O)[C@@]23C[C@H]2C=CCCCCC[C@H](Nc2ccccc2)C(=O)N2C[C@H](Oc4nc5ccccc5o4)C[C@H]2C(=O)N3)CC1. The standard InChI is InChI=1S/C35H41N5O7S/c1-34(18-19-34)48(44,45)39-32(43)35-21-23(35)12-6-3-2-4-9-16-27(36-24-13-7-5-8-14-24)31(42)40-22-25(20-28(40)30(41)38-35)46-33-37-26-15-10-11-17-29(26)47-33/h5-8,10-15,17,23,25,27-28,36H,2-4,9,16,18-22H2,1H3,(H,38,41)(H,39,43)/t23-,25-,27+,28+,35-/m1/s1. The van der Waals surface area contributed by atoms with E-state index in [1.165, 1.54) is 4.90 Å². The zero-order valence-corrected chi connectivity index (χ0v) is 27.7. The monoisotopic (exact) mass is 675 g/mol. The number of benzene rings is 2. The number of nitrogens with zero attached hydrogens (tertiary/aromatic N) is 2. The van der Waals surface area contributed by atoms with Gasteiger partial charge in [0.15, 0.2) is 5.58 Å². The number of aromatic nitrogens is 1. The molecule has 3 fully saturated rings. The number of hydrogen-bond donors (Lipinski definition) is 3. The fourth-order valence-electron chi connectivity index (χ4n) is 6.73. The topological polar surface area (TPSA) is 160 Å². The molecule has 3 N–H and O–H groups in total. The molecule has 12 nitrogen and oxygen atoms in total. The fraction of sp³-hybridized carbons (Fsp3) is 0.486. The number of anilines is 1. The molecule has 0 spiro atoms. The van der Waals surface area contributed by atoms with Gasteiger partial charge in [0.2, 0.25) is 21.8 Å². The van der Waals surface area contributed by atoms with Crippen LogP contribution in [0.2, 0.25) is 0 Å². The number of fused-ring (bicyclic) bond motifs is 3. The van der Waals surface area contributed by atoms with Gasteiger partial charge < -0.3 is 24.7 Å². The van der Waals surface area contributed by atoms with Gasteiger partial charge in [0, 0.05) is 18.0 Å². The summed E-state index contributed by atoms with van der Waals surface area (Å²) in [6.45, 7) is 1.70. The van der Waals surface area contributed by atoms with Crippen molar-refractivity contribution < 1.29 is 32.0 Å². The number of amides is 3. The molecule has 2 saturated carbocycles. The minimum absolute atomic E-state index is 0.0396. The number of hydrogen-bond acceptors (Lipinski definition) is 9. The molecule has 3 heterocycles. The van der Waals surface area contributed by atoms with Crippen LogP contribution in [0.25, 0.3) is 11.1 Å². The molecule has 7 rings (SSSR count). The molecule has 0 bridgehead atoms. The third-order valence-corrected chi connectivity index (χ3v) is 12.3. The lowest BCUT2D eigenvalue weighted by Gasteiger charge is -2.30. The number of rotatable bonds is 7. The highest BCUT2D eigenvalue weighted by Gasteiger charge is 2.63. The molecule has 48 heavy (non-hydrogen) atoms. The van der Waals surface area contributed by atoms with E-state index in [1.807, 2.05) is 54.6 Å². The van der Waals surface area contributed by atoms with Gasteiger partial charge in [-0.1, -0.05) is 55.3 Å². The highest BCUT2D eigenvalue weighted by Crippen LogP contribution is 2.47. The van der Waals surface area contributed by atoms with Crippen molar-refractivity contribution in [2.24, 2.45) is 5.92 Å². The van der Waals surface area contributed by atoms with E-state index in [0.717, 1.165) is 31.4 Å². The molecule has 3 aromatic rings. The van der Waals surface area contributed by atoms with Crippen LogP contribution in [-0.4, -0.2) is 71.0 Å². The van der Waals surface area contributed by atoms with Gasteiger partial charge in [0.1, 0.15) is 29.2 Å². The van der Waals surface area contributed by atoms with Gasteiger partial charge in [0.05, 0.1) is 11.3 Å². The van der Waals surface area contributed by atoms with E-state index in [1.54, 1.807) is 19.1 Å². The van der Waals surface area contributed by atoms with Crippen LogP contribution in [0.4, 0.5) is 5.69 Å². The van der Waals surface area contributed by atoms with Crippen LogP contribution < -0.4 is 20.1 Å². The second-order valence-electron chi connectivity index (χ2n) is 13.7. The summed E-state index contributed by atoms with van der Waals surface area (Å²) in [6.07, 6.45) is 8.55. The Balaban J connectivity index is 1.18. The van der Waals surface area contributed by atoms with Crippen molar-refractivity contribution in [2.45, 2.75) is 93.2 Å². The summed E-state index contributed by atoms with van der Waals surface area (Å²) in [5.41, 5.74) is 0.522. The van der Waals surface area contributed by atoms with E-state index in [0.29, 0.717) is 30.4 Å². The zero-order chi connectivity index (χ0) is 33.5. The third-order valence-electron chi connectivity index (χ3n) is 10.1. The average molecular weight is 676 g/mol. The normalized spacial score (nSPS) is 28.7. The van der Waals surface area contributed by atoms with Gasteiger partial charge >= 0.3 is 6.08 Å². The summed E-state index contributed by atoms with van der Waals surface area (Å²) in [5, 5.41) is 6.30. The minimum atomic E-state index is -3.93. The van der Waals surface area contributed by atoms with Gasteiger partial charge in [-0.3, -0.25) is 19.1 Å². The Bertz CT molecular complexity index is 1810. The zero-order valence-electron chi connectivity index (χ0n) is 26.9. The number of nitrogens with one attached hydrogen (secondary N) is 3. The molecule has 0 unspecified atom stereocenters. The Kier molecular flexibility index (Phi) is 8.42. The Morgan fingerprint density at radius 2 is 1.83 bits per heavy atom. The Morgan fingerprint density at radius 3 is 2.60 bits per heavy atom. The molecular formula is C35H41N5O7S. The molecule has 4 aliphatic rings. The van der Waals surface area contributed by atoms with Crippen LogP contribution in [0.3, 0.4) is 0 Å². The first kappa shape index (κ1) is 32.2. The van der Waals surface area contributed by atoms with Crippen molar-refractivity contribution >= 4 is 44.5 Å². The summed E-state index contributed by atoms with van der Waals surface area (Å²) in [6, 6.07) is 15.1. The van der Waals surface area contributed by atoms with Gasteiger partial charge in [-0.25, -0.2) is 8.42 Å². The lowest BCUT2D eigenvalue weighted by molar-refractivity contribution is -0.140. The largest absolute Gasteiger partial charge is 0.445 e. The van der Waals surface area contributed by atoms with E-state index in [-0.39, 0.29) is 37.3 Å². The Morgan fingerprint density at radius 1 is 1.06 bits per heavy atom. The molecular weight excluding hydrogens is 634 g/mol. The number of allylic oxidation sites excluding steroid dienone is 1. The van der Waals surface area contributed by atoms with Crippen LogP contribution in [0.15, 0.2) is 71.2 Å². The van der Waals surface area contributed by atoms with Crippen LogP contribution in [-0.2, 0) is 24.4 Å². The first-order chi connectivity index (χ1) is 23.1. The van der Waals surface area contributed by atoms with Crippen LogP contribution >= 0.6 is 0 Å². The minimum Gasteiger partial charge on any atom is -0.445 e. The lowest BCUT2D eigenvalue weighted by Crippen LogP contribution is -2.58. The molecule has 1 aromatic heterocycles. The molecule has 1 saturated heterocycles. The molecule has 3 amide bonds. The van der Waals surface area contributed by atoms with Crippen molar-refractivity contribution in [1.82, 2.24) is 19.9 Å². The maximum absolute atomic E-state index is 14.4. The number of carbonyl (C=O) groups excluding carboxylic acids is 3. The maximum atomic E-state index is 14.4. The highest BCUT2D eigenvalue weighted by atomic mass is 32.2. The van der Waals surface area contributed by atoms with E-state index < -0.39 is 50.3 Å². The smallest absolute Gasteiger partial charge is 0.394 e. The van der Waals surface area contributed by atoms with Crippen LogP contribution in [0.5, 0.6) is 6.08 Å². The first-order valence-electron chi connectivity index (χ1n) is 16.8. The van der Waals surface area contributed by atoms with Gasteiger partial charge in [-0.2, -0.15) is 4.98 Å². The van der Waals surface area contributed by atoms with Crippen molar-refractivity contribution in [3.63, 3.8) is 0 Å². The van der Waals surface area contributed by atoms with Gasteiger partial charge in [-0.15, -0.1) is 0 Å². The van der Waals surface area contributed by atoms with Gasteiger partial charge in [-0.05, 0) is 69.7 Å². The number of carbonyl (C=O) groups is 3. The van der Waals surface area contributed by atoms with Crippen molar-refractivity contribution in [3.05, 3.63) is 66.7 Å². The van der Waals surface area contributed by atoms with Crippen molar-refractivity contribution in [3.8, 4) is 6.08 Å². The predicted octanol–water partition coefficient (Wildman–Crippen LogP) is 4.05. The van der Waals surface area contributed by atoms with Crippen LogP contribution in [0.1, 0.15) is 64.7 Å². The average Bonchev–Trinajstić information content (AvgIpc) is 3.87. The summed E-state index contributed by atoms with van der Waals surface area (Å²) in [5.74, 6) is -1.92. The maximum Gasteiger partial charge on any atom is 0.394 e. The Labute approximate surface area is 279 Å². The van der Waals surface area contributed by atoms with E-state index in [4.69, 9.17) is 9.15 Å². The second kappa shape index (κ2) is 12.6. The molecule has 0 radical (unpaired) electrons. The Hall–Kier alpha value is -4.39. The molecule has 2 aromatic carbocycles. The predicted molar refractivity (Wildman–Crippen MR) is 178 cm³/mol. The van der Waals surface area contributed by atoms with E-state index in [9.17, 15) is 22.8 Å². The molecule has 5 atom stereocenters. The van der Waals surface area contributed by atoms with Gasteiger partial charge in [0.25, 0.3) is 5.91 Å². The molecule has 254 valence electrons. The number of ether oxygens (including phenoxy) is 1. The highest BCUT2D eigenvalue weighted by molar-refractivity contribution is 7.91. The van der Waals surface area contributed by atoms with Crippen LogP contribution in [0, 0.1) is 5.92 Å². The molecule has 13 heteroatoms. The number of para-hydroxylation sites is 3. The summed E-state index contributed by atoms with van der Waals surface area (Å²) in [7, 11) is -3.93. The number of sulfonamides is 1. The first-order valence-corrected chi connectivity index (χ1v) is 18.2. The van der Waals surface area contributed by atoms with E-state index >= 15 is 0 Å². The quantitative estimate of drug-likeness (QED) is 0.314. The lowest BCUT2D eigenvalue weighted by atomic mass is 10.0. The summed E-state index contributed by atoms with van der Waals surface area (Å²) >= 11 is 0. The third kappa shape index (κ3) is 6.39. The molecule has 2 aliphatic heterocycles. The van der Waals surface area contributed by atoms with E-state index in [2.05, 4.69) is 20.3 Å². The summed E-state index contributed by atoms with van der Waals surface area (Å²) in [4.78, 5) is 48.3. The van der Waals surface area contributed by atoms with Crippen molar-refractivity contribution in [2.75, 3.05) is 11.9 Å². The second-order valence-corrected chi connectivity index (χ2v) is 15.9. The molecule has 2 aliphatic carbocycles.